The van der Waals surface area contributed by atoms with Crippen LogP contribution in [0.4, 0.5) is 0 Å². The second kappa shape index (κ2) is 8.60. The smallest absolute Gasteiger partial charge is 0.231 e. The molecule has 1 unspecified atom stereocenters. The standard InChI is InChI=1S/C24H28N2O3/c1-3-5-12-25-22(27)13-19(18-10-7-11-21-24(18)29-15-28-21)20-14-26-23-16(4-2)8-6-9-17(20)23/h6-11,14,19,26H,3-5,12-13,15H2,1-2H3,(H,25,27). The second-order valence-corrected chi connectivity index (χ2v) is 7.48. The van der Waals surface area contributed by atoms with Gasteiger partial charge in [0.25, 0.3) is 0 Å². The predicted octanol–water partition coefficient (Wildman–Crippen LogP) is 4.90. The van der Waals surface area contributed by atoms with Crippen molar-refractivity contribution >= 4 is 16.8 Å². The van der Waals surface area contributed by atoms with Gasteiger partial charge in [0.2, 0.25) is 12.7 Å². The van der Waals surface area contributed by atoms with Crippen LogP contribution in [0, 0.1) is 0 Å². The summed E-state index contributed by atoms with van der Waals surface area (Å²) in [6.07, 6.45) is 5.41. The van der Waals surface area contributed by atoms with Gasteiger partial charge in [0.15, 0.2) is 11.5 Å². The summed E-state index contributed by atoms with van der Waals surface area (Å²) in [7, 11) is 0. The first-order valence-corrected chi connectivity index (χ1v) is 10.5. The lowest BCUT2D eigenvalue weighted by atomic mass is 9.86. The average molecular weight is 392 g/mol. The molecule has 0 saturated carbocycles. The summed E-state index contributed by atoms with van der Waals surface area (Å²) in [4.78, 5) is 16.2. The quantitative estimate of drug-likeness (QED) is 0.536. The lowest BCUT2D eigenvalue weighted by Crippen LogP contribution is -2.26. The zero-order chi connectivity index (χ0) is 20.2. The molecular weight excluding hydrogens is 364 g/mol. The van der Waals surface area contributed by atoms with Crippen LogP contribution in [0.5, 0.6) is 11.5 Å². The maximum atomic E-state index is 12.8. The number of H-pyrrole nitrogens is 1. The van der Waals surface area contributed by atoms with Gasteiger partial charge in [0, 0.05) is 41.5 Å². The van der Waals surface area contributed by atoms with E-state index in [1.807, 2.05) is 24.4 Å². The molecule has 2 N–H and O–H groups in total. The first kappa shape index (κ1) is 19.4. The summed E-state index contributed by atoms with van der Waals surface area (Å²) in [5.74, 6) is 1.43. The molecule has 2 heterocycles. The highest BCUT2D eigenvalue weighted by Crippen LogP contribution is 2.44. The van der Waals surface area contributed by atoms with Gasteiger partial charge < -0.3 is 19.8 Å². The maximum Gasteiger partial charge on any atom is 0.231 e. The first-order chi connectivity index (χ1) is 14.2. The number of carbonyl (C=O) groups is 1. The van der Waals surface area contributed by atoms with Crippen LogP contribution in [0.3, 0.4) is 0 Å². The number of aromatic nitrogens is 1. The fourth-order valence-electron chi connectivity index (χ4n) is 4.10. The lowest BCUT2D eigenvalue weighted by molar-refractivity contribution is -0.121. The van der Waals surface area contributed by atoms with Gasteiger partial charge in [-0.25, -0.2) is 0 Å². The van der Waals surface area contributed by atoms with E-state index < -0.39 is 0 Å². The van der Waals surface area contributed by atoms with Gasteiger partial charge in [-0.15, -0.1) is 0 Å². The Morgan fingerprint density at radius 3 is 2.83 bits per heavy atom. The number of rotatable bonds is 8. The Bertz CT molecular complexity index is 1010. The molecule has 5 heteroatoms. The third-order valence-electron chi connectivity index (χ3n) is 5.63. The van der Waals surface area contributed by atoms with Crippen molar-refractivity contribution in [1.82, 2.24) is 10.3 Å². The van der Waals surface area contributed by atoms with Crippen LogP contribution in [0.2, 0.25) is 0 Å². The molecule has 4 rings (SSSR count). The molecule has 1 amide bonds. The van der Waals surface area contributed by atoms with Crippen LogP contribution in [0.25, 0.3) is 10.9 Å². The van der Waals surface area contributed by atoms with Crippen molar-refractivity contribution < 1.29 is 14.3 Å². The summed E-state index contributed by atoms with van der Waals surface area (Å²) < 4.78 is 11.4. The number of amides is 1. The number of ether oxygens (including phenoxy) is 2. The van der Waals surface area contributed by atoms with Crippen molar-refractivity contribution in [2.75, 3.05) is 13.3 Å². The molecule has 0 bridgehead atoms. The van der Waals surface area contributed by atoms with Crippen LogP contribution >= 0.6 is 0 Å². The Balaban J connectivity index is 1.75. The molecule has 5 nitrogen and oxygen atoms in total. The normalized spacial score (nSPS) is 13.6. The Hall–Kier alpha value is -2.95. The Kier molecular flexibility index (Phi) is 5.74. The van der Waals surface area contributed by atoms with Crippen LogP contribution in [0.15, 0.2) is 42.6 Å². The van der Waals surface area contributed by atoms with E-state index in [1.54, 1.807) is 0 Å². The number of nitrogens with one attached hydrogen (secondary N) is 2. The number of aromatic amines is 1. The molecule has 1 aliphatic rings. The minimum absolute atomic E-state index is 0.0564. The fraction of sp³-hybridized carbons (Fsp3) is 0.375. The van der Waals surface area contributed by atoms with Gasteiger partial charge in [-0.2, -0.15) is 0 Å². The molecule has 0 aliphatic carbocycles. The molecule has 2 aromatic carbocycles. The van der Waals surface area contributed by atoms with Crippen LogP contribution in [0.1, 0.15) is 55.7 Å². The van der Waals surface area contributed by atoms with Crippen molar-refractivity contribution in [2.24, 2.45) is 0 Å². The van der Waals surface area contributed by atoms with Crippen LogP contribution in [-0.2, 0) is 11.2 Å². The monoisotopic (exact) mass is 392 g/mol. The summed E-state index contributed by atoms with van der Waals surface area (Å²) >= 11 is 0. The fourth-order valence-corrected chi connectivity index (χ4v) is 4.10. The highest BCUT2D eigenvalue weighted by atomic mass is 16.7. The van der Waals surface area contributed by atoms with Gasteiger partial charge in [-0.3, -0.25) is 4.79 Å². The number of hydrogen-bond acceptors (Lipinski definition) is 3. The van der Waals surface area contributed by atoms with E-state index in [0.29, 0.717) is 13.0 Å². The second-order valence-electron chi connectivity index (χ2n) is 7.48. The summed E-state index contributed by atoms with van der Waals surface area (Å²) in [6, 6.07) is 12.3. The first-order valence-electron chi connectivity index (χ1n) is 10.5. The van der Waals surface area contributed by atoms with Gasteiger partial charge in [-0.05, 0) is 30.0 Å². The highest BCUT2D eigenvalue weighted by molar-refractivity contribution is 5.88. The van der Waals surface area contributed by atoms with Gasteiger partial charge in [0.05, 0.1) is 0 Å². The molecule has 0 fully saturated rings. The third kappa shape index (κ3) is 3.82. The lowest BCUT2D eigenvalue weighted by Gasteiger charge is -2.19. The van der Waals surface area contributed by atoms with Crippen molar-refractivity contribution in [3.63, 3.8) is 0 Å². The van der Waals surface area contributed by atoms with Crippen LogP contribution < -0.4 is 14.8 Å². The summed E-state index contributed by atoms with van der Waals surface area (Å²) in [6.45, 7) is 5.21. The molecule has 1 aromatic heterocycles. The molecule has 0 saturated heterocycles. The van der Waals surface area contributed by atoms with Crippen molar-refractivity contribution in [2.45, 2.75) is 45.4 Å². The van der Waals surface area contributed by atoms with E-state index in [9.17, 15) is 4.79 Å². The van der Waals surface area contributed by atoms with E-state index in [-0.39, 0.29) is 18.6 Å². The van der Waals surface area contributed by atoms with E-state index in [1.165, 1.54) is 5.56 Å². The Labute approximate surface area is 171 Å². The molecule has 0 radical (unpaired) electrons. The maximum absolute atomic E-state index is 12.8. The van der Waals surface area contributed by atoms with Crippen molar-refractivity contribution in [1.29, 1.82) is 0 Å². The highest BCUT2D eigenvalue weighted by Gasteiger charge is 2.28. The summed E-state index contributed by atoms with van der Waals surface area (Å²) in [5.41, 5.74) is 4.53. The third-order valence-corrected chi connectivity index (χ3v) is 5.63. The van der Waals surface area contributed by atoms with Crippen molar-refractivity contribution in [3.8, 4) is 11.5 Å². The number of fused-ring (bicyclic) bond motifs is 2. The number of carbonyl (C=O) groups excluding carboxylic acids is 1. The largest absolute Gasteiger partial charge is 0.454 e. The van der Waals surface area contributed by atoms with E-state index in [0.717, 1.165) is 52.8 Å². The molecule has 1 atom stereocenters. The van der Waals surface area contributed by atoms with Gasteiger partial charge in [-0.1, -0.05) is 50.6 Å². The van der Waals surface area contributed by atoms with E-state index in [2.05, 4.69) is 42.3 Å². The Morgan fingerprint density at radius 1 is 1.14 bits per heavy atom. The van der Waals surface area contributed by atoms with Gasteiger partial charge >= 0.3 is 0 Å². The Morgan fingerprint density at radius 2 is 2.00 bits per heavy atom. The number of benzene rings is 2. The molecule has 152 valence electrons. The molecule has 0 spiro atoms. The molecular formula is C24H28N2O3. The predicted molar refractivity (Wildman–Crippen MR) is 115 cm³/mol. The van der Waals surface area contributed by atoms with Crippen molar-refractivity contribution in [3.05, 3.63) is 59.3 Å². The molecule has 3 aromatic rings. The van der Waals surface area contributed by atoms with E-state index in [4.69, 9.17) is 9.47 Å². The zero-order valence-electron chi connectivity index (χ0n) is 17.1. The van der Waals surface area contributed by atoms with E-state index >= 15 is 0 Å². The number of unbranched alkanes of at least 4 members (excludes halogenated alkanes) is 1. The minimum atomic E-state index is -0.117. The summed E-state index contributed by atoms with van der Waals surface area (Å²) in [5, 5.41) is 4.22. The van der Waals surface area contributed by atoms with Crippen LogP contribution in [-0.4, -0.2) is 24.2 Å². The van der Waals surface area contributed by atoms with Gasteiger partial charge in [0.1, 0.15) is 0 Å². The SMILES string of the molecule is CCCCNC(=O)CC(c1cccc2c1OCO2)c1c[nH]c2c(CC)cccc12. The number of hydrogen-bond donors (Lipinski definition) is 2. The minimum Gasteiger partial charge on any atom is -0.454 e. The molecule has 1 aliphatic heterocycles. The average Bonchev–Trinajstić information content (AvgIpc) is 3.39. The topological polar surface area (TPSA) is 63.4 Å². The zero-order valence-corrected chi connectivity index (χ0v) is 17.1. The number of para-hydroxylation sites is 2. The molecule has 29 heavy (non-hydrogen) atoms. The number of aryl methyl sites for hydroxylation is 1.